The molecule has 0 bridgehead atoms. The van der Waals surface area contributed by atoms with Gasteiger partial charge in [-0.05, 0) is 67.4 Å². The smallest absolute Gasteiger partial charge is 0.355 e. The first-order valence-corrected chi connectivity index (χ1v) is 11.6. The van der Waals surface area contributed by atoms with E-state index in [0.29, 0.717) is 55.4 Å². The maximum atomic E-state index is 13.7. The Kier molecular flexibility index (Phi) is 7.61. The zero-order valence-electron chi connectivity index (χ0n) is 20.0. The molecule has 0 spiro atoms. The number of pyridine rings is 1. The Morgan fingerprint density at radius 3 is 2.24 bits per heavy atom. The quantitative estimate of drug-likeness (QED) is 0.447. The molecule has 2 aromatic carbocycles. The van der Waals surface area contributed by atoms with Crippen molar-refractivity contribution < 1.29 is 27.2 Å². The van der Waals surface area contributed by atoms with E-state index in [1.807, 2.05) is 4.90 Å². The Bertz CT molecular complexity index is 1260. The first kappa shape index (κ1) is 25.9. The standard InChI is InChI=1S/C26H25F4N5O2/c1-17-3-8-20(15-22(17)27)32-25(37)33-21-9-10-23(31-16-21)34-11-2-12-35(14-13-34)24(36)18-4-6-19(7-5-18)26(28,29)30/h3-10,15-16H,2,11-14H2,1H3,(H2,32,33,37). The van der Waals surface area contributed by atoms with E-state index in [1.54, 1.807) is 36.1 Å². The third kappa shape index (κ3) is 6.54. The highest BCUT2D eigenvalue weighted by atomic mass is 19.4. The number of hydrogen-bond donors (Lipinski definition) is 2. The van der Waals surface area contributed by atoms with E-state index in [4.69, 9.17) is 0 Å². The van der Waals surface area contributed by atoms with Gasteiger partial charge in [-0.25, -0.2) is 14.2 Å². The molecule has 11 heteroatoms. The van der Waals surface area contributed by atoms with Gasteiger partial charge in [-0.2, -0.15) is 13.2 Å². The van der Waals surface area contributed by atoms with Gasteiger partial charge < -0.3 is 20.4 Å². The highest BCUT2D eigenvalue weighted by molar-refractivity contribution is 5.99. The number of aromatic nitrogens is 1. The van der Waals surface area contributed by atoms with Crippen LogP contribution < -0.4 is 15.5 Å². The molecule has 1 fully saturated rings. The second kappa shape index (κ2) is 10.9. The molecule has 194 valence electrons. The van der Waals surface area contributed by atoms with Gasteiger partial charge in [0.2, 0.25) is 0 Å². The molecule has 3 aromatic rings. The van der Waals surface area contributed by atoms with Crippen LogP contribution in [-0.4, -0.2) is 48.0 Å². The van der Waals surface area contributed by atoms with E-state index in [0.717, 1.165) is 12.1 Å². The third-order valence-electron chi connectivity index (χ3n) is 6.00. The van der Waals surface area contributed by atoms with E-state index in [1.165, 1.54) is 24.4 Å². The topological polar surface area (TPSA) is 77.6 Å². The van der Waals surface area contributed by atoms with Crippen LogP contribution in [0.1, 0.15) is 27.9 Å². The summed E-state index contributed by atoms with van der Waals surface area (Å²) in [5.74, 6) is -0.0705. The lowest BCUT2D eigenvalue weighted by Gasteiger charge is -2.23. The highest BCUT2D eigenvalue weighted by Gasteiger charge is 2.30. The summed E-state index contributed by atoms with van der Waals surface area (Å²) in [6.45, 7) is 3.61. The number of rotatable bonds is 4. The average molecular weight is 516 g/mol. The molecule has 0 saturated carbocycles. The maximum absolute atomic E-state index is 13.7. The monoisotopic (exact) mass is 515 g/mol. The summed E-state index contributed by atoms with van der Waals surface area (Å²) in [6.07, 6.45) is -2.29. The summed E-state index contributed by atoms with van der Waals surface area (Å²) in [5.41, 5.74) is 0.664. The lowest BCUT2D eigenvalue weighted by atomic mass is 10.1. The van der Waals surface area contributed by atoms with E-state index >= 15 is 0 Å². The van der Waals surface area contributed by atoms with Crippen molar-refractivity contribution in [3.8, 4) is 0 Å². The Labute approximate surface area is 211 Å². The van der Waals surface area contributed by atoms with Crippen LogP contribution in [-0.2, 0) is 6.18 Å². The number of anilines is 3. The van der Waals surface area contributed by atoms with Gasteiger partial charge in [-0.15, -0.1) is 0 Å². The molecular formula is C26H25F4N5O2. The SMILES string of the molecule is Cc1ccc(NC(=O)Nc2ccc(N3CCCN(C(=O)c4ccc(C(F)(F)F)cc4)CC3)nc2)cc1F. The van der Waals surface area contributed by atoms with Gasteiger partial charge >= 0.3 is 12.2 Å². The minimum absolute atomic E-state index is 0.210. The second-order valence-corrected chi connectivity index (χ2v) is 8.66. The Morgan fingerprint density at radius 1 is 0.892 bits per heavy atom. The van der Waals surface area contributed by atoms with Crippen molar-refractivity contribution in [2.75, 3.05) is 41.7 Å². The molecule has 3 amide bonds. The minimum atomic E-state index is -4.45. The molecule has 7 nitrogen and oxygen atoms in total. The number of aryl methyl sites for hydroxylation is 1. The van der Waals surface area contributed by atoms with Crippen molar-refractivity contribution in [3.05, 3.63) is 83.3 Å². The van der Waals surface area contributed by atoms with Crippen LogP contribution in [0.15, 0.2) is 60.8 Å². The number of carbonyl (C=O) groups excluding carboxylic acids is 2. The number of benzene rings is 2. The summed E-state index contributed by atoms with van der Waals surface area (Å²) >= 11 is 0. The fourth-order valence-electron chi connectivity index (χ4n) is 3.95. The summed E-state index contributed by atoms with van der Waals surface area (Å²) in [4.78, 5) is 33.1. The molecular weight excluding hydrogens is 490 g/mol. The van der Waals surface area contributed by atoms with E-state index in [-0.39, 0.29) is 11.5 Å². The van der Waals surface area contributed by atoms with E-state index in [9.17, 15) is 27.2 Å². The third-order valence-corrected chi connectivity index (χ3v) is 6.00. The first-order chi connectivity index (χ1) is 17.6. The zero-order valence-corrected chi connectivity index (χ0v) is 20.0. The van der Waals surface area contributed by atoms with Crippen LogP contribution in [0.5, 0.6) is 0 Å². The Balaban J connectivity index is 1.32. The molecule has 2 N–H and O–H groups in total. The Morgan fingerprint density at radius 2 is 1.59 bits per heavy atom. The molecule has 0 atom stereocenters. The van der Waals surface area contributed by atoms with Crippen LogP contribution in [0.25, 0.3) is 0 Å². The summed E-state index contributed by atoms with van der Waals surface area (Å²) in [7, 11) is 0. The zero-order chi connectivity index (χ0) is 26.6. The molecule has 1 aromatic heterocycles. The molecule has 37 heavy (non-hydrogen) atoms. The predicted molar refractivity (Wildman–Crippen MR) is 132 cm³/mol. The Hall–Kier alpha value is -4.15. The number of nitrogens with one attached hydrogen (secondary N) is 2. The number of carbonyl (C=O) groups is 2. The number of hydrogen-bond acceptors (Lipinski definition) is 4. The summed E-state index contributed by atoms with van der Waals surface area (Å²) in [5, 5.41) is 5.21. The second-order valence-electron chi connectivity index (χ2n) is 8.66. The van der Waals surface area contributed by atoms with Crippen LogP contribution in [0.4, 0.5) is 39.5 Å². The van der Waals surface area contributed by atoms with Crippen molar-refractivity contribution in [2.45, 2.75) is 19.5 Å². The molecule has 4 rings (SSSR count). The van der Waals surface area contributed by atoms with Gasteiger partial charge in [0, 0.05) is 37.4 Å². The average Bonchev–Trinajstić information content (AvgIpc) is 3.12. The first-order valence-electron chi connectivity index (χ1n) is 11.6. The van der Waals surface area contributed by atoms with Crippen LogP contribution in [0, 0.1) is 12.7 Å². The molecule has 1 saturated heterocycles. The maximum Gasteiger partial charge on any atom is 0.416 e. The number of nitrogens with zero attached hydrogens (tertiary/aromatic N) is 3. The molecule has 2 heterocycles. The van der Waals surface area contributed by atoms with Crippen LogP contribution in [0.3, 0.4) is 0 Å². The fourth-order valence-corrected chi connectivity index (χ4v) is 3.95. The molecule has 1 aliphatic heterocycles. The predicted octanol–water partition coefficient (Wildman–Crippen LogP) is 5.54. The molecule has 0 radical (unpaired) electrons. The molecule has 0 aliphatic carbocycles. The van der Waals surface area contributed by atoms with Gasteiger partial charge in [0.05, 0.1) is 17.4 Å². The summed E-state index contributed by atoms with van der Waals surface area (Å²) < 4.78 is 52.0. The van der Waals surface area contributed by atoms with Gasteiger partial charge in [0.25, 0.3) is 5.91 Å². The van der Waals surface area contributed by atoms with Crippen molar-refractivity contribution in [3.63, 3.8) is 0 Å². The lowest BCUT2D eigenvalue weighted by Crippen LogP contribution is -2.35. The normalized spacial score (nSPS) is 14.2. The highest BCUT2D eigenvalue weighted by Crippen LogP contribution is 2.29. The fraction of sp³-hybridized carbons (Fsp3) is 0.269. The number of amides is 3. The van der Waals surface area contributed by atoms with Gasteiger partial charge in [0.1, 0.15) is 11.6 Å². The largest absolute Gasteiger partial charge is 0.416 e. The van der Waals surface area contributed by atoms with Crippen molar-refractivity contribution in [1.29, 1.82) is 0 Å². The number of halogens is 4. The molecule has 1 aliphatic rings. The van der Waals surface area contributed by atoms with Crippen LogP contribution >= 0.6 is 0 Å². The van der Waals surface area contributed by atoms with Gasteiger partial charge in [-0.1, -0.05) is 6.07 Å². The minimum Gasteiger partial charge on any atom is -0.355 e. The number of alkyl halides is 3. The lowest BCUT2D eigenvalue weighted by molar-refractivity contribution is -0.137. The van der Waals surface area contributed by atoms with E-state index < -0.39 is 23.6 Å². The van der Waals surface area contributed by atoms with Crippen molar-refractivity contribution in [1.82, 2.24) is 9.88 Å². The summed E-state index contributed by atoms with van der Waals surface area (Å²) in [6, 6.07) is 11.5. The van der Waals surface area contributed by atoms with E-state index in [2.05, 4.69) is 15.6 Å². The molecule has 0 unspecified atom stereocenters. The van der Waals surface area contributed by atoms with Crippen LogP contribution in [0.2, 0.25) is 0 Å². The van der Waals surface area contributed by atoms with Gasteiger partial charge in [0.15, 0.2) is 0 Å². The number of urea groups is 1. The van der Waals surface area contributed by atoms with Gasteiger partial charge in [-0.3, -0.25) is 4.79 Å². The van der Waals surface area contributed by atoms with Crippen molar-refractivity contribution >= 4 is 29.1 Å². The van der Waals surface area contributed by atoms with Crippen molar-refractivity contribution in [2.24, 2.45) is 0 Å².